The molecule has 1 spiro atoms. The third-order valence-electron chi connectivity index (χ3n) is 7.36. The number of nitrogens with one attached hydrogen (secondary N) is 1. The number of hydrogen-bond donors (Lipinski definition) is 1. The van der Waals surface area contributed by atoms with Gasteiger partial charge in [-0.15, -0.1) is 0 Å². The number of methoxy groups -OCH3 is 1. The first-order valence-corrected chi connectivity index (χ1v) is 10.3. The lowest BCUT2D eigenvalue weighted by Crippen LogP contribution is -2.58. The van der Waals surface area contributed by atoms with Crippen molar-refractivity contribution >= 4 is 21.8 Å². The van der Waals surface area contributed by atoms with E-state index in [2.05, 4.69) is 47.2 Å². The molecule has 0 radical (unpaired) electrons. The fraction of sp³-hybridized carbons (Fsp3) is 0.667. The number of ether oxygens (including phenoxy) is 2. The summed E-state index contributed by atoms with van der Waals surface area (Å²) in [5.41, 5.74) is 1.49. The van der Waals surface area contributed by atoms with Gasteiger partial charge in [0.25, 0.3) is 0 Å². The molecule has 2 bridgehead atoms. The van der Waals surface area contributed by atoms with Gasteiger partial charge in [0, 0.05) is 19.6 Å². The zero-order valence-corrected chi connectivity index (χ0v) is 17.6. The summed E-state index contributed by atoms with van der Waals surface area (Å²) < 4.78 is 12.6. The van der Waals surface area contributed by atoms with Crippen LogP contribution in [0.15, 0.2) is 22.7 Å². The van der Waals surface area contributed by atoms with Crippen LogP contribution in [0.25, 0.3) is 0 Å². The van der Waals surface area contributed by atoms with Crippen molar-refractivity contribution in [2.24, 2.45) is 22.7 Å². The third kappa shape index (κ3) is 2.54. The number of carbonyl (C=O) groups excluding carboxylic acids is 1. The predicted molar refractivity (Wildman–Crippen MR) is 104 cm³/mol. The fourth-order valence-electron chi connectivity index (χ4n) is 6.18. The van der Waals surface area contributed by atoms with Crippen LogP contribution in [0.5, 0.6) is 5.75 Å². The van der Waals surface area contributed by atoms with Gasteiger partial charge in [0.15, 0.2) is 0 Å². The summed E-state index contributed by atoms with van der Waals surface area (Å²) in [6.45, 7) is 7.06. The van der Waals surface area contributed by atoms with Gasteiger partial charge in [-0.2, -0.15) is 0 Å². The molecule has 3 aliphatic rings. The maximum Gasteiger partial charge on any atom is 0.217 e. The molecule has 1 aliphatic heterocycles. The van der Waals surface area contributed by atoms with Crippen LogP contribution >= 0.6 is 15.9 Å². The summed E-state index contributed by atoms with van der Waals surface area (Å²) in [4.78, 5) is 11.9. The van der Waals surface area contributed by atoms with E-state index in [4.69, 9.17) is 9.47 Å². The van der Waals surface area contributed by atoms with Crippen LogP contribution in [-0.4, -0.2) is 25.7 Å². The SMILES string of the molecule is COc1ccc([C@H]2OCCC34C[C@@H](C[C@H]23)C(C)(C)[C@H]4NC(C)=O)cc1Br. The Balaban J connectivity index is 1.70. The largest absolute Gasteiger partial charge is 0.496 e. The first kappa shape index (κ1) is 18.3. The van der Waals surface area contributed by atoms with Crippen LogP contribution in [0.3, 0.4) is 0 Å². The van der Waals surface area contributed by atoms with Crippen molar-refractivity contribution < 1.29 is 14.3 Å². The highest BCUT2D eigenvalue weighted by Crippen LogP contribution is 2.70. The minimum absolute atomic E-state index is 0.0824. The van der Waals surface area contributed by atoms with Crippen molar-refractivity contribution in [2.75, 3.05) is 13.7 Å². The zero-order chi connectivity index (χ0) is 18.7. The second-order valence-corrected chi connectivity index (χ2v) is 9.72. The van der Waals surface area contributed by atoms with Crippen molar-refractivity contribution in [3.63, 3.8) is 0 Å². The van der Waals surface area contributed by atoms with Gasteiger partial charge in [-0.1, -0.05) is 19.9 Å². The van der Waals surface area contributed by atoms with Gasteiger partial charge in [-0.25, -0.2) is 0 Å². The summed E-state index contributed by atoms with van der Waals surface area (Å²) >= 11 is 3.61. The molecule has 1 unspecified atom stereocenters. The van der Waals surface area contributed by atoms with Gasteiger partial charge in [0.2, 0.25) is 5.91 Å². The average molecular weight is 422 g/mol. The smallest absolute Gasteiger partial charge is 0.217 e. The maximum absolute atomic E-state index is 11.9. The van der Waals surface area contributed by atoms with Crippen LogP contribution in [0.2, 0.25) is 0 Å². The lowest BCUT2D eigenvalue weighted by atomic mass is 9.59. The topological polar surface area (TPSA) is 47.6 Å². The number of benzene rings is 1. The Morgan fingerprint density at radius 2 is 2.15 bits per heavy atom. The van der Waals surface area contributed by atoms with Crippen LogP contribution in [0.1, 0.15) is 51.7 Å². The number of fused-ring (bicyclic) bond motifs is 1. The predicted octanol–water partition coefficient (Wildman–Crippen LogP) is 4.48. The number of amides is 1. The molecule has 2 saturated carbocycles. The van der Waals surface area contributed by atoms with E-state index in [1.54, 1.807) is 14.0 Å². The highest BCUT2D eigenvalue weighted by atomic mass is 79.9. The minimum Gasteiger partial charge on any atom is -0.496 e. The molecule has 4 nitrogen and oxygen atoms in total. The monoisotopic (exact) mass is 421 g/mol. The molecule has 1 N–H and O–H groups in total. The molecule has 1 amide bonds. The van der Waals surface area contributed by atoms with Crippen LogP contribution in [0, 0.1) is 22.7 Å². The zero-order valence-electron chi connectivity index (χ0n) is 16.0. The van der Waals surface area contributed by atoms with Crippen molar-refractivity contribution in [2.45, 2.75) is 52.2 Å². The van der Waals surface area contributed by atoms with Crippen molar-refractivity contribution in [1.82, 2.24) is 5.32 Å². The molecule has 2 aliphatic carbocycles. The highest BCUT2D eigenvalue weighted by molar-refractivity contribution is 9.10. The molecule has 3 fully saturated rings. The molecule has 1 aromatic rings. The van der Waals surface area contributed by atoms with Gasteiger partial charge in [0.05, 0.1) is 17.7 Å². The minimum atomic E-state index is 0.0824. The van der Waals surface area contributed by atoms with Crippen molar-refractivity contribution in [3.8, 4) is 5.75 Å². The highest BCUT2D eigenvalue weighted by Gasteiger charge is 2.68. The lowest BCUT2D eigenvalue weighted by molar-refractivity contribution is -0.136. The molecule has 0 aromatic heterocycles. The van der Waals surface area contributed by atoms with Gasteiger partial charge in [-0.05, 0) is 75.6 Å². The van der Waals surface area contributed by atoms with Crippen molar-refractivity contribution in [1.29, 1.82) is 0 Å². The van der Waals surface area contributed by atoms with Crippen molar-refractivity contribution in [3.05, 3.63) is 28.2 Å². The van der Waals surface area contributed by atoms with Crippen LogP contribution in [-0.2, 0) is 9.53 Å². The third-order valence-corrected chi connectivity index (χ3v) is 7.98. The molecular formula is C21H28BrNO3. The van der Waals surface area contributed by atoms with Crippen LogP contribution in [0.4, 0.5) is 0 Å². The fourth-order valence-corrected chi connectivity index (χ4v) is 6.74. The molecule has 5 atom stereocenters. The molecule has 142 valence electrons. The summed E-state index contributed by atoms with van der Waals surface area (Å²) in [5.74, 6) is 2.00. The summed E-state index contributed by atoms with van der Waals surface area (Å²) in [5, 5.41) is 3.33. The van der Waals surface area contributed by atoms with E-state index in [1.165, 1.54) is 18.4 Å². The number of carbonyl (C=O) groups is 1. The van der Waals surface area contributed by atoms with Crippen LogP contribution < -0.4 is 10.1 Å². The van der Waals surface area contributed by atoms with Gasteiger partial charge in [-0.3, -0.25) is 4.79 Å². The second-order valence-electron chi connectivity index (χ2n) is 8.87. The quantitative estimate of drug-likeness (QED) is 0.782. The van der Waals surface area contributed by atoms with E-state index >= 15 is 0 Å². The maximum atomic E-state index is 11.9. The van der Waals surface area contributed by atoms with E-state index in [0.717, 1.165) is 23.2 Å². The first-order valence-electron chi connectivity index (χ1n) is 9.52. The summed E-state index contributed by atoms with van der Waals surface area (Å²) in [7, 11) is 1.68. The Bertz CT molecular complexity index is 734. The Morgan fingerprint density at radius 3 is 2.81 bits per heavy atom. The Hall–Kier alpha value is -1.07. The average Bonchev–Trinajstić information content (AvgIpc) is 3.07. The van der Waals surface area contributed by atoms with Gasteiger partial charge >= 0.3 is 0 Å². The van der Waals surface area contributed by atoms with E-state index in [9.17, 15) is 4.79 Å². The van der Waals surface area contributed by atoms with E-state index in [-0.39, 0.29) is 28.9 Å². The lowest BCUT2D eigenvalue weighted by Gasteiger charge is -2.53. The molecule has 1 aromatic carbocycles. The summed E-state index contributed by atoms with van der Waals surface area (Å²) in [6.07, 6.45) is 3.50. The Labute approximate surface area is 164 Å². The molecule has 4 rings (SSSR count). The molecule has 26 heavy (non-hydrogen) atoms. The van der Waals surface area contributed by atoms with E-state index < -0.39 is 0 Å². The molecule has 5 heteroatoms. The molecule has 1 saturated heterocycles. The van der Waals surface area contributed by atoms with Gasteiger partial charge < -0.3 is 14.8 Å². The standard InChI is InChI=1S/C21H28BrNO3/c1-12(24)23-19-20(2,3)14-10-15-18(26-8-7-21(15,19)11-14)13-5-6-17(25-4)16(22)9-13/h5-6,9,14-15,18-19H,7-8,10-11H2,1-4H3,(H,23,24)/t14-,15-,18-,19-,21?/m1/s1. The summed E-state index contributed by atoms with van der Waals surface area (Å²) in [6, 6.07) is 6.49. The Morgan fingerprint density at radius 1 is 1.38 bits per heavy atom. The first-order chi connectivity index (χ1) is 12.3. The van der Waals surface area contributed by atoms with E-state index in [0.29, 0.717) is 11.8 Å². The second kappa shape index (κ2) is 6.23. The van der Waals surface area contributed by atoms with Gasteiger partial charge in [0.1, 0.15) is 5.75 Å². The Kier molecular flexibility index (Phi) is 4.39. The normalized spacial score (nSPS) is 37.3. The van der Waals surface area contributed by atoms with E-state index in [1.807, 2.05) is 6.07 Å². The number of halogens is 1. The molecule has 1 heterocycles. The number of hydrogen-bond acceptors (Lipinski definition) is 3. The molecular weight excluding hydrogens is 394 g/mol. The number of rotatable bonds is 3.